The zero-order valence-corrected chi connectivity index (χ0v) is 6.38. The highest BCUT2D eigenvalue weighted by atomic mass is 16.5. The van der Waals surface area contributed by atoms with E-state index >= 15 is 0 Å². The molecule has 0 fully saturated rings. The Morgan fingerprint density at radius 3 is 2.60 bits per heavy atom. The number of hydrogen-bond acceptors (Lipinski definition) is 2. The van der Waals surface area contributed by atoms with Crippen molar-refractivity contribution in [2.75, 3.05) is 13.2 Å². The fourth-order valence-corrected chi connectivity index (χ4v) is 0.520. The minimum absolute atomic E-state index is 0.0579. The van der Waals surface area contributed by atoms with Crippen LogP contribution in [0.5, 0.6) is 0 Å². The smallest absolute Gasteiger partial charge is 0.139 e. The number of ether oxygens (including phenoxy) is 2. The summed E-state index contributed by atoms with van der Waals surface area (Å²) in [4.78, 5) is 0. The lowest BCUT2D eigenvalue weighted by atomic mass is 10.4. The van der Waals surface area contributed by atoms with Crippen LogP contribution in [0.3, 0.4) is 0 Å². The molecule has 0 rings (SSSR count). The van der Waals surface area contributed by atoms with E-state index in [2.05, 4.69) is 13.2 Å². The lowest BCUT2D eigenvalue weighted by Crippen LogP contribution is -2.14. The van der Waals surface area contributed by atoms with Gasteiger partial charge in [0, 0.05) is 6.61 Å². The first-order valence-corrected chi connectivity index (χ1v) is 3.31. The highest BCUT2D eigenvalue weighted by Gasteiger charge is 1.99. The molecule has 0 aliphatic carbocycles. The third-order valence-electron chi connectivity index (χ3n) is 1.02. The van der Waals surface area contributed by atoms with Gasteiger partial charge in [0.05, 0.1) is 12.9 Å². The molecule has 0 bridgehead atoms. The monoisotopic (exact) mass is 142 g/mol. The lowest BCUT2D eigenvalue weighted by Gasteiger charge is -2.10. The average Bonchev–Trinajstić information content (AvgIpc) is 1.98. The first-order chi connectivity index (χ1) is 4.85. The molecule has 0 saturated carbocycles. The number of rotatable bonds is 6. The van der Waals surface area contributed by atoms with Crippen LogP contribution in [0, 0.1) is 0 Å². The van der Waals surface area contributed by atoms with Crippen molar-refractivity contribution in [1.29, 1.82) is 0 Å². The molecule has 0 aromatic heterocycles. The maximum atomic E-state index is 5.10. The van der Waals surface area contributed by atoms with Gasteiger partial charge in [-0.25, -0.2) is 0 Å². The van der Waals surface area contributed by atoms with Crippen LogP contribution in [0.1, 0.15) is 6.92 Å². The van der Waals surface area contributed by atoms with Crippen molar-refractivity contribution in [3.63, 3.8) is 0 Å². The zero-order chi connectivity index (χ0) is 7.82. The molecule has 0 aliphatic heterocycles. The molecule has 0 heterocycles. The summed E-state index contributed by atoms with van der Waals surface area (Å²) in [6.45, 7) is 10.2. The molecule has 2 heteroatoms. The van der Waals surface area contributed by atoms with Crippen LogP contribution in [0.15, 0.2) is 25.5 Å². The Hall–Kier alpha value is -0.760. The summed E-state index contributed by atoms with van der Waals surface area (Å²) in [5.74, 6) is 0. The Morgan fingerprint density at radius 2 is 2.20 bits per heavy atom. The molecule has 0 spiro atoms. The van der Waals surface area contributed by atoms with E-state index in [1.165, 1.54) is 6.26 Å². The van der Waals surface area contributed by atoms with Crippen molar-refractivity contribution in [3.8, 4) is 0 Å². The van der Waals surface area contributed by atoms with Crippen LogP contribution in [-0.2, 0) is 9.47 Å². The van der Waals surface area contributed by atoms with Gasteiger partial charge in [0.2, 0.25) is 0 Å². The van der Waals surface area contributed by atoms with Gasteiger partial charge in [-0.05, 0) is 13.0 Å². The van der Waals surface area contributed by atoms with E-state index in [-0.39, 0.29) is 6.10 Å². The molecule has 0 amide bonds. The zero-order valence-electron chi connectivity index (χ0n) is 6.38. The molecule has 0 saturated heterocycles. The van der Waals surface area contributed by atoms with Crippen molar-refractivity contribution >= 4 is 0 Å². The van der Waals surface area contributed by atoms with Crippen molar-refractivity contribution in [3.05, 3.63) is 25.5 Å². The van der Waals surface area contributed by atoms with E-state index < -0.39 is 0 Å². The van der Waals surface area contributed by atoms with Crippen LogP contribution in [0.25, 0.3) is 0 Å². The van der Waals surface area contributed by atoms with E-state index in [1.807, 2.05) is 6.92 Å². The van der Waals surface area contributed by atoms with Gasteiger partial charge in [-0.3, -0.25) is 0 Å². The molecular formula is C8H14O2. The van der Waals surface area contributed by atoms with Crippen LogP contribution >= 0.6 is 0 Å². The molecule has 0 N–H and O–H groups in total. The van der Waals surface area contributed by atoms with E-state index in [4.69, 9.17) is 9.47 Å². The third kappa shape index (κ3) is 4.15. The lowest BCUT2D eigenvalue weighted by molar-refractivity contribution is 0.0574. The Bertz CT molecular complexity index is 99.4. The molecule has 0 aromatic carbocycles. The van der Waals surface area contributed by atoms with Gasteiger partial charge in [-0.1, -0.05) is 13.2 Å². The van der Waals surface area contributed by atoms with Crippen LogP contribution in [0.2, 0.25) is 0 Å². The second-order valence-electron chi connectivity index (χ2n) is 1.74. The van der Waals surface area contributed by atoms with E-state index in [1.54, 1.807) is 6.08 Å². The quantitative estimate of drug-likeness (QED) is 0.415. The fourth-order valence-electron chi connectivity index (χ4n) is 0.520. The molecule has 1 atom stereocenters. The van der Waals surface area contributed by atoms with Gasteiger partial charge in [0.15, 0.2) is 0 Å². The molecule has 0 aliphatic rings. The Morgan fingerprint density at radius 1 is 1.50 bits per heavy atom. The highest BCUT2D eigenvalue weighted by Crippen LogP contribution is 1.94. The molecule has 58 valence electrons. The van der Waals surface area contributed by atoms with Crippen LogP contribution in [-0.4, -0.2) is 19.3 Å². The summed E-state index contributed by atoms with van der Waals surface area (Å²) in [5.41, 5.74) is 0. The van der Waals surface area contributed by atoms with Crippen molar-refractivity contribution < 1.29 is 9.47 Å². The van der Waals surface area contributed by atoms with Crippen molar-refractivity contribution in [1.82, 2.24) is 0 Å². The minimum Gasteiger partial charge on any atom is -0.492 e. The molecular weight excluding hydrogens is 128 g/mol. The first-order valence-electron chi connectivity index (χ1n) is 3.31. The second kappa shape index (κ2) is 6.36. The predicted molar refractivity (Wildman–Crippen MR) is 41.8 cm³/mol. The maximum Gasteiger partial charge on any atom is 0.139 e. The van der Waals surface area contributed by atoms with Gasteiger partial charge in [-0.15, -0.1) is 0 Å². The topological polar surface area (TPSA) is 18.5 Å². The van der Waals surface area contributed by atoms with Crippen LogP contribution in [0.4, 0.5) is 0 Å². The summed E-state index contributed by atoms with van der Waals surface area (Å²) in [6.07, 6.45) is 3.03. The third-order valence-corrected chi connectivity index (χ3v) is 1.02. The van der Waals surface area contributed by atoms with Gasteiger partial charge in [0.1, 0.15) is 6.10 Å². The van der Waals surface area contributed by atoms with Gasteiger partial charge < -0.3 is 9.47 Å². The molecule has 1 unspecified atom stereocenters. The highest BCUT2D eigenvalue weighted by molar-refractivity contribution is 4.81. The van der Waals surface area contributed by atoms with E-state index in [0.29, 0.717) is 13.2 Å². The summed E-state index contributed by atoms with van der Waals surface area (Å²) >= 11 is 0. The molecule has 0 aromatic rings. The Kier molecular flexibility index (Phi) is 5.88. The Labute approximate surface area is 62.1 Å². The van der Waals surface area contributed by atoms with E-state index in [9.17, 15) is 0 Å². The average molecular weight is 142 g/mol. The summed E-state index contributed by atoms with van der Waals surface area (Å²) < 4.78 is 10.1. The summed E-state index contributed by atoms with van der Waals surface area (Å²) in [7, 11) is 0. The minimum atomic E-state index is -0.0579. The second-order valence-corrected chi connectivity index (χ2v) is 1.74. The largest absolute Gasteiger partial charge is 0.492 e. The van der Waals surface area contributed by atoms with Crippen molar-refractivity contribution in [2.45, 2.75) is 13.0 Å². The van der Waals surface area contributed by atoms with Gasteiger partial charge in [0.25, 0.3) is 0 Å². The van der Waals surface area contributed by atoms with Gasteiger partial charge in [-0.2, -0.15) is 0 Å². The SMILES string of the molecule is C=COC(C=C)COCC. The molecule has 2 nitrogen and oxygen atoms in total. The van der Waals surface area contributed by atoms with Crippen molar-refractivity contribution in [2.24, 2.45) is 0 Å². The molecule has 0 radical (unpaired) electrons. The Balaban J connectivity index is 3.38. The summed E-state index contributed by atoms with van der Waals surface area (Å²) in [5, 5.41) is 0. The predicted octanol–water partition coefficient (Wildman–Crippen LogP) is 1.74. The maximum absolute atomic E-state index is 5.10. The van der Waals surface area contributed by atoms with Crippen LogP contribution < -0.4 is 0 Å². The standard InChI is InChI=1S/C8H14O2/c1-4-8(10-6-3)7-9-5-2/h4,6,8H,1,3,5,7H2,2H3. The normalized spacial score (nSPS) is 12.1. The van der Waals surface area contributed by atoms with Gasteiger partial charge >= 0.3 is 0 Å². The number of hydrogen-bond donors (Lipinski definition) is 0. The first kappa shape index (κ1) is 9.24. The molecule has 10 heavy (non-hydrogen) atoms. The fraction of sp³-hybridized carbons (Fsp3) is 0.500. The van der Waals surface area contributed by atoms with E-state index in [0.717, 1.165) is 0 Å². The summed E-state index contributed by atoms with van der Waals surface area (Å²) in [6, 6.07) is 0.